The van der Waals surface area contributed by atoms with Crippen LogP contribution < -0.4 is 23.7 Å². The van der Waals surface area contributed by atoms with E-state index in [4.69, 9.17) is 14.7 Å². The van der Waals surface area contributed by atoms with Crippen LogP contribution in [0, 0.1) is 5.92 Å². The number of hydrogen-bond acceptors (Lipinski definition) is 9. The third-order valence-corrected chi connectivity index (χ3v) is 6.57. The standard InChI is InChI=1S/C21H25N3O8S2/c1-13(2)20(22)21(26)31-18-11-14(8-9-16(18)24-12-19(25)23-34(24,29)30)10-15-6-4-5-7-17(15)32-33(3,27)28/h4-9,11-13,20,23,25H,10,22H2,1-3H3. The van der Waals surface area contributed by atoms with Crippen molar-refractivity contribution in [3.63, 3.8) is 0 Å². The predicted octanol–water partition coefficient (Wildman–Crippen LogP) is 1.52. The lowest BCUT2D eigenvalue weighted by Gasteiger charge is -2.21. The molecule has 11 nitrogen and oxygen atoms in total. The summed E-state index contributed by atoms with van der Waals surface area (Å²) >= 11 is 0. The maximum Gasteiger partial charge on any atom is 0.330 e. The SMILES string of the molecule is CC(C)C(N)C(=O)Oc1cc(Cc2ccccc2OS(C)(=O)=O)ccc1N1C=C(O)NS1(=O)=O. The second-order valence-corrected chi connectivity index (χ2v) is 11.1. The van der Waals surface area contributed by atoms with Gasteiger partial charge < -0.3 is 19.8 Å². The van der Waals surface area contributed by atoms with E-state index >= 15 is 0 Å². The lowest BCUT2D eigenvalue weighted by Crippen LogP contribution is -2.39. The Morgan fingerprint density at radius 2 is 1.85 bits per heavy atom. The number of esters is 1. The Morgan fingerprint density at radius 1 is 1.18 bits per heavy atom. The summed E-state index contributed by atoms with van der Waals surface area (Å²) in [4.78, 5) is 12.5. The molecular formula is C21H25N3O8S2. The van der Waals surface area contributed by atoms with E-state index < -0.39 is 38.2 Å². The van der Waals surface area contributed by atoms with E-state index in [0.29, 0.717) is 11.1 Å². The molecule has 0 amide bonds. The molecule has 0 fully saturated rings. The second-order valence-electron chi connectivity index (χ2n) is 7.98. The van der Waals surface area contributed by atoms with Gasteiger partial charge in [0.25, 0.3) is 0 Å². The number of ether oxygens (including phenoxy) is 1. The van der Waals surface area contributed by atoms with E-state index in [1.165, 1.54) is 18.2 Å². The van der Waals surface area contributed by atoms with Crippen molar-refractivity contribution in [1.29, 1.82) is 0 Å². The molecule has 0 saturated heterocycles. The van der Waals surface area contributed by atoms with Gasteiger partial charge in [-0.05, 0) is 29.7 Å². The first-order valence-electron chi connectivity index (χ1n) is 10.1. The summed E-state index contributed by atoms with van der Waals surface area (Å²) in [6.45, 7) is 3.47. The highest BCUT2D eigenvalue weighted by molar-refractivity contribution is 7.91. The maximum atomic E-state index is 12.5. The molecule has 0 bridgehead atoms. The third-order valence-electron chi connectivity index (χ3n) is 4.80. The Labute approximate surface area is 198 Å². The molecule has 0 aliphatic carbocycles. The zero-order valence-electron chi connectivity index (χ0n) is 18.6. The van der Waals surface area contributed by atoms with Gasteiger partial charge in [-0.2, -0.15) is 16.8 Å². The molecular weight excluding hydrogens is 486 g/mol. The van der Waals surface area contributed by atoms with Crippen molar-refractivity contribution >= 4 is 32.0 Å². The van der Waals surface area contributed by atoms with Gasteiger partial charge >= 0.3 is 26.3 Å². The predicted molar refractivity (Wildman–Crippen MR) is 125 cm³/mol. The minimum atomic E-state index is -4.15. The number of aliphatic hydroxyl groups excluding tert-OH is 1. The first-order chi connectivity index (χ1) is 15.8. The van der Waals surface area contributed by atoms with E-state index in [9.17, 15) is 26.7 Å². The molecule has 184 valence electrons. The minimum Gasteiger partial charge on any atom is -0.493 e. The Morgan fingerprint density at radius 3 is 2.44 bits per heavy atom. The number of anilines is 1. The molecule has 2 aromatic rings. The van der Waals surface area contributed by atoms with Crippen LogP contribution in [0.4, 0.5) is 5.69 Å². The van der Waals surface area contributed by atoms with Gasteiger partial charge in [0.15, 0.2) is 5.75 Å². The van der Waals surface area contributed by atoms with Crippen molar-refractivity contribution < 1.29 is 35.7 Å². The zero-order chi connectivity index (χ0) is 25.3. The van der Waals surface area contributed by atoms with Crippen LogP contribution in [0.25, 0.3) is 0 Å². The van der Waals surface area contributed by atoms with Gasteiger partial charge in [0.05, 0.1) is 12.5 Å². The summed E-state index contributed by atoms with van der Waals surface area (Å²) < 4.78 is 61.1. The number of para-hydroxylation sites is 1. The van der Waals surface area contributed by atoms with Gasteiger partial charge in [-0.15, -0.1) is 0 Å². The zero-order valence-corrected chi connectivity index (χ0v) is 20.3. The van der Waals surface area contributed by atoms with Crippen molar-refractivity contribution in [2.24, 2.45) is 11.7 Å². The molecule has 34 heavy (non-hydrogen) atoms. The van der Waals surface area contributed by atoms with Gasteiger partial charge in [-0.1, -0.05) is 38.1 Å². The Balaban J connectivity index is 2.03. The Bertz CT molecular complexity index is 1340. The number of carbonyl (C=O) groups excluding carboxylic acids is 1. The third kappa shape index (κ3) is 5.98. The molecule has 2 aromatic carbocycles. The number of hydrogen-bond donors (Lipinski definition) is 3. The molecule has 3 rings (SSSR count). The number of nitrogens with one attached hydrogen (secondary N) is 1. The Kier molecular flexibility index (Phi) is 7.10. The van der Waals surface area contributed by atoms with Crippen molar-refractivity contribution in [1.82, 2.24) is 4.72 Å². The van der Waals surface area contributed by atoms with Gasteiger partial charge in [0, 0.05) is 12.0 Å². The van der Waals surface area contributed by atoms with E-state index in [1.54, 1.807) is 38.1 Å². The van der Waals surface area contributed by atoms with Crippen LogP contribution >= 0.6 is 0 Å². The van der Waals surface area contributed by atoms with Crippen LogP contribution in [0.2, 0.25) is 0 Å². The van der Waals surface area contributed by atoms with Crippen LogP contribution in [0.1, 0.15) is 25.0 Å². The molecule has 0 aromatic heterocycles. The fraction of sp³-hybridized carbons (Fsp3) is 0.286. The van der Waals surface area contributed by atoms with Crippen LogP contribution in [-0.4, -0.2) is 40.2 Å². The van der Waals surface area contributed by atoms with Crippen molar-refractivity contribution in [2.75, 3.05) is 10.6 Å². The molecule has 13 heteroatoms. The summed E-state index contributed by atoms with van der Waals surface area (Å²) in [5.74, 6) is -1.59. The van der Waals surface area contributed by atoms with Gasteiger partial charge in [-0.3, -0.25) is 0 Å². The van der Waals surface area contributed by atoms with Crippen LogP contribution in [0.5, 0.6) is 11.5 Å². The number of nitrogens with zero attached hydrogens (tertiary/aromatic N) is 1. The summed E-state index contributed by atoms with van der Waals surface area (Å²) in [6, 6.07) is 9.95. The molecule has 4 N–H and O–H groups in total. The Hall–Kier alpha value is -3.29. The highest BCUT2D eigenvalue weighted by Gasteiger charge is 2.32. The highest BCUT2D eigenvalue weighted by atomic mass is 32.2. The van der Waals surface area contributed by atoms with E-state index in [0.717, 1.165) is 16.8 Å². The lowest BCUT2D eigenvalue weighted by atomic mass is 10.0. The minimum absolute atomic E-state index is 0.0368. The number of aliphatic hydroxyl groups is 1. The fourth-order valence-corrected chi connectivity index (χ4v) is 4.63. The molecule has 1 heterocycles. The highest BCUT2D eigenvalue weighted by Crippen LogP contribution is 2.35. The van der Waals surface area contributed by atoms with Crippen molar-refractivity contribution in [3.8, 4) is 11.5 Å². The number of benzene rings is 2. The molecule has 0 saturated carbocycles. The normalized spacial score (nSPS) is 16.0. The largest absolute Gasteiger partial charge is 0.493 e. The number of rotatable bonds is 8. The molecule has 0 spiro atoms. The van der Waals surface area contributed by atoms with Crippen molar-refractivity contribution in [3.05, 3.63) is 65.7 Å². The van der Waals surface area contributed by atoms with Crippen molar-refractivity contribution in [2.45, 2.75) is 26.3 Å². The molecule has 1 atom stereocenters. The van der Waals surface area contributed by atoms with Gasteiger partial charge in [0.2, 0.25) is 5.88 Å². The summed E-state index contributed by atoms with van der Waals surface area (Å²) in [7, 11) is -7.91. The van der Waals surface area contributed by atoms with Gasteiger partial charge in [0.1, 0.15) is 17.5 Å². The number of carbonyl (C=O) groups is 1. The molecule has 1 unspecified atom stereocenters. The quantitative estimate of drug-likeness (QED) is 0.270. The monoisotopic (exact) mass is 511 g/mol. The second kappa shape index (κ2) is 9.52. The molecule has 1 aliphatic heterocycles. The molecule has 1 aliphatic rings. The van der Waals surface area contributed by atoms with E-state index in [-0.39, 0.29) is 29.5 Å². The average Bonchev–Trinajstić information content (AvgIpc) is 2.99. The fourth-order valence-electron chi connectivity index (χ4n) is 3.08. The first-order valence-corrected chi connectivity index (χ1v) is 13.3. The summed E-state index contributed by atoms with van der Waals surface area (Å²) in [6.07, 6.45) is 2.04. The van der Waals surface area contributed by atoms with Crippen LogP contribution in [0.3, 0.4) is 0 Å². The van der Waals surface area contributed by atoms with E-state index in [1.807, 2.05) is 4.72 Å². The molecule has 0 radical (unpaired) electrons. The first kappa shape index (κ1) is 25.3. The maximum absolute atomic E-state index is 12.5. The smallest absolute Gasteiger partial charge is 0.330 e. The van der Waals surface area contributed by atoms with Gasteiger partial charge in [-0.25, -0.2) is 13.8 Å². The number of nitrogens with two attached hydrogens (primary N) is 1. The van der Waals surface area contributed by atoms with E-state index in [2.05, 4.69) is 0 Å². The summed E-state index contributed by atoms with van der Waals surface area (Å²) in [5.41, 5.74) is 6.94. The van der Waals surface area contributed by atoms with Crippen LogP contribution in [-0.2, 0) is 31.5 Å². The summed E-state index contributed by atoms with van der Waals surface area (Å²) in [5, 5.41) is 9.64. The lowest BCUT2D eigenvalue weighted by molar-refractivity contribution is -0.136. The topological polar surface area (TPSA) is 165 Å². The average molecular weight is 512 g/mol. The van der Waals surface area contributed by atoms with Crippen LogP contribution in [0.15, 0.2) is 54.5 Å².